The van der Waals surface area contributed by atoms with Crippen molar-refractivity contribution in [3.05, 3.63) is 67.3 Å². The number of para-hydroxylation sites is 2. The molecule has 1 N–H and O–H groups in total. The number of hydrogen-bond donors (Lipinski definition) is 1. The molecule has 0 saturated carbocycles. The summed E-state index contributed by atoms with van der Waals surface area (Å²) in [7, 11) is 0. The molecule has 0 saturated heterocycles. The van der Waals surface area contributed by atoms with Gasteiger partial charge < -0.3 is 9.40 Å². The Kier molecular flexibility index (Phi) is 2.80. The predicted octanol–water partition coefficient (Wildman–Crippen LogP) is 4.00. The molecule has 0 spiro atoms. The first-order chi connectivity index (χ1) is 8.93. The van der Waals surface area contributed by atoms with Crippen molar-refractivity contribution in [1.82, 2.24) is 9.97 Å². The van der Waals surface area contributed by atoms with Crippen molar-refractivity contribution in [3.8, 4) is 0 Å². The molecule has 0 aliphatic rings. The van der Waals surface area contributed by atoms with Crippen LogP contribution in [0.5, 0.6) is 0 Å². The summed E-state index contributed by atoms with van der Waals surface area (Å²) in [6, 6.07) is 15.9. The first kappa shape index (κ1) is 10.6. The van der Waals surface area contributed by atoms with Crippen LogP contribution in [-0.2, 0) is 0 Å². The fourth-order valence-electron chi connectivity index (χ4n) is 1.80. The van der Waals surface area contributed by atoms with Crippen molar-refractivity contribution in [2.45, 2.75) is 0 Å². The van der Waals surface area contributed by atoms with Gasteiger partial charge in [-0.1, -0.05) is 36.4 Å². The van der Waals surface area contributed by atoms with Crippen LogP contribution in [0.4, 0.5) is 0 Å². The number of nitrogens with one attached hydrogen (secondary N) is 1. The minimum atomic E-state index is 0.845. The Balaban J connectivity index is 0.000000111. The molecule has 4 rings (SSSR count). The quantitative estimate of drug-likeness (QED) is 0.501. The lowest BCUT2D eigenvalue weighted by Gasteiger charge is -1.81. The van der Waals surface area contributed by atoms with Crippen LogP contribution in [-0.4, -0.2) is 9.97 Å². The molecule has 4 aromatic rings. The van der Waals surface area contributed by atoms with E-state index in [0.717, 1.165) is 11.1 Å². The summed E-state index contributed by atoms with van der Waals surface area (Å²) in [6.07, 6.45) is 5.44. The summed E-state index contributed by atoms with van der Waals surface area (Å²) in [6.45, 7) is 0. The van der Waals surface area contributed by atoms with Crippen molar-refractivity contribution in [2.24, 2.45) is 0 Å². The van der Waals surface area contributed by atoms with E-state index in [2.05, 4.69) is 22.1 Å². The number of aromatic nitrogens is 2. The Hall–Kier alpha value is -2.55. The third kappa shape index (κ3) is 2.11. The number of H-pyrrole nitrogens is 1. The van der Waals surface area contributed by atoms with Gasteiger partial charge in [0.25, 0.3) is 0 Å². The fraction of sp³-hybridized carbons (Fsp3) is 0. The number of hydrogen-bond acceptors (Lipinski definition) is 2. The minimum absolute atomic E-state index is 0.845. The second-order valence-electron chi connectivity index (χ2n) is 3.90. The van der Waals surface area contributed by atoms with E-state index in [-0.39, 0.29) is 0 Å². The van der Waals surface area contributed by atoms with E-state index in [1.165, 1.54) is 17.2 Å². The van der Waals surface area contributed by atoms with E-state index in [9.17, 15) is 0 Å². The van der Waals surface area contributed by atoms with Gasteiger partial charge in [-0.05, 0) is 22.9 Å². The van der Waals surface area contributed by atoms with Crippen molar-refractivity contribution >= 4 is 21.9 Å². The van der Waals surface area contributed by atoms with Crippen molar-refractivity contribution in [2.75, 3.05) is 0 Å². The average Bonchev–Trinajstić information content (AvgIpc) is 3.08. The zero-order valence-electron chi connectivity index (χ0n) is 9.71. The Labute approximate surface area is 104 Å². The van der Waals surface area contributed by atoms with E-state index in [1.807, 2.05) is 48.8 Å². The van der Waals surface area contributed by atoms with Crippen molar-refractivity contribution in [1.29, 1.82) is 0 Å². The van der Waals surface area contributed by atoms with E-state index in [1.54, 1.807) is 0 Å². The van der Waals surface area contributed by atoms with E-state index in [4.69, 9.17) is 4.42 Å². The van der Waals surface area contributed by atoms with Gasteiger partial charge in [0.05, 0.1) is 0 Å². The molecule has 0 fully saturated rings. The van der Waals surface area contributed by atoms with Crippen LogP contribution in [0.1, 0.15) is 0 Å². The second-order valence-corrected chi connectivity index (χ2v) is 3.90. The molecule has 0 aliphatic heterocycles. The van der Waals surface area contributed by atoms with Crippen LogP contribution >= 0.6 is 0 Å². The highest BCUT2D eigenvalue weighted by Gasteiger charge is 1.91. The molecule has 2 aromatic carbocycles. The van der Waals surface area contributed by atoms with Gasteiger partial charge in [-0.25, -0.2) is 4.98 Å². The topological polar surface area (TPSA) is 41.8 Å². The first-order valence-corrected chi connectivity index (χ1v) is 5.73. The lowest BCUT2D eigenvalue weighted by atomic mass is 10.2. The number of fused-ring (bicyclic) bond motifs is 2. The number of rotatable bonds is 0. The Morgan fingerprint density at radius 1 is 0.833 bits per heavy atom. The monoisotopic (exact) mass is 236 g/mol. The largest absolute Gasteiger partial charge is 0.443 e. The SMILES string of the molecule is c1ccc2c[nH]cc2c1.c1ccc2ocnc2c1. The van der Waals surface area contributed by atoms with Gasteiger partial charge in [-0.2, -0.15) is 0 Å². The molecule has 2 heterocycles. The summed E-state index contributed by atoms with van der Waals surface area (Å²) >= 11 is 0. The average molecular weight is 236 g/mol. The van der Waals surface area contributed by atoms with Gasteiger partial charge in [-0.15, -0.1) is 0 Å². The Bertz CT molecular complexity index is 628. The third-order valence-corrected chi connectivity index (χ3v) is 2.71. The van der Waals surface area contributed by atoms with Crippen LogP contribution in [0.2, 0.25) is 0 Å². The van der Waals surface area contributed by atoms with Gasteiger partial charge in [0, 0.05) is 12.4 Å². The van der Waals surface area contributed by atoms with E-state index in [0.29, 0.717) is 0 Å². The minimum Gasteiger partial charge on any atom is -0.443 e. The van der Waals surface area contributed by atoms with Crippen molar-refractivity contribution in [3.63, 3.8) is 0 Å². The van der Waals surface area contributed by atoms with Gasteiger partial charge >= 0.3 is 0 Å². The standard InChI is InChI=1S/C8H7N.C7H5NO/c1-2-4-8-6-9-5-7(8)3-1;1-2-4-7-6(3-1)8-5-9-7/h1-6,9H;1-5H. The number of nitrogens with zero attached hydrogens (tertiary/aromatic N) is 1. The highest BCUT2D eigenvalue weighted by molar-refractivity contribution is 5.81. The summed E-state index contributed by atoms with van der Waals surface area (Å²) < 4.78 is 5.01. The summed E-state index contributed by atoms with van der Waals surface area (Å²) in [4.78, 5) is 6.99. The molecule has 2 aromatic heterocycles. The van der Waals surface area contributed by atoms with Crippen LogP contribution in [0.15, 0.2) is 71.7 Å². The number of benzene rings is 2. The molecule has 0 aliphatic carbocycles. The maximum atomic E-state index is 5.01. The third-order valence-electron chi connectivity index (χ3n) is 2.71. The van der Waals surface area contributed by atoms with Crippen LogP contribution in [0.25, 0.3) is 21.9 Å². The summed E-state index contributed by atoms with van der Waals surface area (Å²) in [5.41, 5.74) is 1.76. The van der Waals surface area contributed by atoms with E-state index >= 15 is 0 Å². The normalized spacial score (nSPS) is 10.2. The molecule has 0 unspecified atom stereocenters. The first-order valence-electron chi connectivity index (χ1n) is 5.73. The molecular weight excluding hydrogens is 224 g/mol. The fourth-order valence-corrected chi connectivity index (χ4v) is 1.80. The molecule has 0 radical (unpaired) electrons. The predicted molar refractivity (Wildman–Crippen MR) is 72.3 cm³/mol. The Morgan fingerprint density at radius 3 is 2.22 bits per heavy atom. The zero-order valence-corrected chi connectivity index (χ0v) is 9.71. The highest BCUT2D eigenvalue weighted by atomic mass is 16.3. The zero-order chi connectivity index (χ0) is 12.2. The maximum absolute atomic E-state index is 5.01. The molecule has 3 heteroatoms. The molecular formula is C15H12N2O. The highest BCUT2D eigenvalue weighted by Crippen LogP contribution is 2.10. The Morgan fingerprint density at radius 2 is 1.50 bits per heavy atom. The lowest BCUT2D eigenvalue weighted by Crippen LogP contribution is -1.61. The smallest absolute Gasteiger partial charge is 0.181 e. The maximum Gasteiger partial charge on any atom is 0.181 e. The number of aromatic amines is 1. The second kappa shape index (κ2) is 4.75. The van der Waals surface area contributed by atoms with Gasteiger partial charge in [0.2, 0.25) is 0 Å². The lowest BCUT2D eigenvalue weighted by molar-refractivity contribution is 0.602. The molecule has 0 amide bonds. The van der Waals surface area contributed by atoms with E-state index < -0.39 is 0 Å². The van der Waals surface area contributed by atoms with Crippen molar-refractivity contribution < 1.29 is 4.42 Å². The summed E-state index contributed by atoms with van der Waals surface area (Å²) in [5, 5.41) is 2.55. The van der Waals surface area contributed by atoms with Crippen LogP contribution in [0.3, 0.4) is 0 Å². The van der Waals surface area contributed by atoms with Crippen LogP contribution in [0, 0.1) is 0 Å². The van der Waals surface area contributed by atoms with Crippen LogP contribution < -0.4 is 0 Å². The molecule has 18 heavy (non-hydrogen) atoms. The molecule has 0 bridgehead atoms. The molecule has 0 atom stereocenters. The van der Waals surface area contributed by atoms with Gasteiger partial charge in [0.1, 0.15) is 5.52 Å². The number of oxazole rings is 1. The van der Waals surface area contributed by atoms with Gasteiger partial charge in [-0.3, -0.25) is 0 Å². The summed E-state index contributed by atoms with van der Waals surface area (Å²) in [5.74, 6) is 0. The molecule has 3 nitrogen and oxygen atoms in total. The molecule has 88 valence electrons. The van der Waals surface area contributed by atoms with Gasteiger partial charge in [0.15, 0.2) is 12.0 Å².